The Bertz CT molecular complexity index is 384. The number of hydrogen-bond donors (Lipinski definition) is 2. The molecule has 0 saturated heterocycles. The molecule has 0 spiro atoms. The summed E-state index contributed by atoms with van der Waals surface area (Å²) < 4.78 is 0. The first kappa shape index (κ1) is 11.7. The molecular weight excluding hydrogens is 212 g/mol. The van der Waals surface area contributed by atoms with E-state index in [9.17, 15) is 10.2 Å². The van der Waals surface area contributed by atoms with Crippen LogP contribution in [-0.2, 0) is 0 Å². The minimum absolute atomic E-state index is 0.0240. The second-order valence-electron chi connectivity index (χ2n) is 7.45. The Kier molecular flexibility index (Phi) is 2.18. The maximum atomic E-state index is 11.0. The molecule has 1 unspecified atom stereocenters. The lowest BCUT2D eigenvalue weighted by Gasteiger charge is -2.43. The second kappa shape index (κ2) is 3.16. The molecule has 2 nitrogen and oxygen atoms in total. The Morgan fingerprint density at radius 3 is 2.65 bits per heavy atom. The topological polar surface area (TPSA) is 40.5 Å². The van der Waals surface area contributed by atoms with Crippen molar-refractivity contribution < 1.29 is 10.2 Å². The molecule has 0 aromatic heterocycles. The van der Waals surface area contributed by atoms with E-state index in [-0.39, 0.29) is 12.0 Å². The molecule has 2 saturated carbocycles. The van der Waals surface area contributed by atoms with Gasteiger partial charge in [-0.1, -0.05) is 26.8 Å². The standard InChI is InChI=1S/C15H24O2/c1-13(2)9-14(3)6-7-15(17)10(8-16)4-5-11(13)12(14)15/h4,11-12,16-17H,5-9H2,1-3H3/t11-,12?,14+,15+/m1/s1. The lowest BCUT2D eigenvalue weighted by Crippen LogP contribution is -2.46. The summed E-state index contributed by atoms with van der Waals surface area (Å²) >= 11 is 0. The zero-order valence-corrected chi connectivity index (χ0v) is 11.2. The molecule has 3 aliphatic carbocycles. The molecule has 17 heavy (non-hydrogen) atoms. The van der Waals surface area contributed by atoms with Crippen LogP contribution in [-0.4, -0.2) is 22.4 Å². The lowest BCUT2D eigenvalue weighted by molar-refractivity contribution is -0.0261. The molecule has 3 rings (SSSR count). The van der Waals surface area contributed by atoms with Gasteiger partial charge in [0.15, 0.2) is 0 Å². The van der Waals surface area contributed by atoms with Crippen molar-refractivity contribution in [2.45, 2.75) is 52.1 Å². The number of rotatable bonds is 1. The van der Waals surface area contributed by atoms with Crippen LogP contribution in [0.15, 0.2) is 11.6 Å². The molecule has 2 fully saturated rings. The van der Waals surface area contributed by atoms with Gasteiger partial charge in [-0.3, -0.25) is 0 Å². The minimum atomic E-state index is -0.708. The molecule has 4 atom stereocenters. The lowest BCUT2D eigenvalue weighted by atomic mass is 9.65. The number of allylic oxidation sites excluding steroid dienone is 1. The first-order valence-electron chi connectivity index (χ1n) is 6.86. The van der Waals surface area contributed by atoms with Crippen molar-refractivity contribution in [1.29, 1.82) is 0 Å². The van der Waals surface area contributed by atoms with E-state index in [1.807, 2.05) is 0 Å². The summed E-state index contributed by atoms with van der Waals surface area (Å²) in [5.74, 6) is 0.937. The maximum absolute atomic E-state index is 11.0. The quantitative estimate of drug-likeness (QED) is 0.687. The van der Waals surface area contributed by atoms with Gasteiger partial charge in [-0.05, 0) is 48.0 Å². The highest BCUT2D eigenvalue weighted by Gasteiger charge is 2.66. The van der Waals surface area contributed by atoms with Crippen molar-refractivity contribution in [1.82, 2.24) is 0 Å². The highest BCUT2D eigenvalue weighted by atomic mass is 16.3. The van der Waals surface area contributed by atoms with Crippen molar-refractivity contribution in [3.8, 4) is 0 Å². The molecule has 0 aromatic rings. The zero-order valence-electron chi connectivity index (χ0n) is 11.2. The van der Waals surface area contributed by atoms with Crippen molar-refractivity contribution in [2.75, 3.05) is 6.61 Å². The van der Waals surface area contributed by atoms with E-state index in [1.165, 1.54) is 6.42 Å². The number of aliphatic hydroxyl groups excluding tert-OH is 1. The second-order valence-corrected chi connectivity index (χ2v) is 7.45. The Hall–Kier alpha value is -0.340. The fourth-order valence-electron chi connectivity index (χ4n) is 5.47. The maximum Gasteiger partial charge on any atom is 0.0915 e. The molecule has 0 heterocycles. The normalized spacial score (nSPS) is 51.2. The van der Waals surface area contributed by atoms with E-state index in [0.29, 0.717) is 17.3 Å². The molecule has 96 valence electrons. The van der Waals surface area contributed by atoms with Crippen molar-refractivity contribution in [2.24, 2.45) is 22.7 Å². The fraction of sp³-hybridized carbons (Fsp3) is 0.867. The Morgan fingerprint density at radius 1 is 1.29 bits per heavy atom. The van der Waals surface area contributed by atoms with Gasteiger partial charge in [0.2, 0.25) is 0 Å². The van der Waals surface area contributed by atoms with Gasteiger partial charge in [-0.2, -0.15) is 0 Å². The van der Waals surface area contributed by atoms with Gasteiger partial charge < -0.3 is 10.2 Å². The summed E-state index contributed by atoms with van der Waals surface area (Å²) in [5, 5.41) is 20.5. The largest absolute Gasteiger partial charge is 0.392 e. The Morgan fingerprint density at radius 2 is 2.00 bits per heavy atom. The van der Waals surface area contributed by atoms with Crippen LogP contribution in [0.25, 0.3) is 0 Å². The van der Waals surface area contributed by atoms with Gasteiger partial charge in [0.1, 0.15) is 0 Å². The SMILES string of the molecule is CC1(C)C[C@]2(C)CC[C@]3(O)C(CO)=CC[C@@H]1C23. The molecule has 3 aliphatic rings. The van der Waals surface area contributed by atoms with Gasteiger partial charge in [0.25, 0.3) is 0 Å². The average Bonchev–Trinajstić information content (AvgIpc) is 2.61. The van der Waals surface area contributed by atoms with Gasteiger partial charge in [0, 0.05) is 5.92 Å². The smallest absolute Gasteiger partial charge is 0.0915 e. The summed E-state index contributed by atoms with van der Waals surface area (Å²) in [7, 11) is 0. The molecule has 0 amide bonds. The Balaban J connectivity index is 2.11. The summed E-state index contributed by atoms with van der Waals surface area (Å²) in [6.45, 7) is 7.06. The van der Waals surface area contributed by atoms with Crippen LogP contribution in [0.1, 0.15) is 46.5 Å². The minimum Gasteiger partial charge on any atom is -0.392 e. The van der Waals surface area contributed by atoms with Crippen LogP contribution in [0.4, 0.5) is 0 Å². The number of aliphatic hydroxyl groups is 2. The summed E-state index contributed by atoms with van der Waals surface area (Å²) in [6.07, 6.45) is 6.30. The van der Waals surface area contributed by atoms with Crippen molar-refractivity contribution in [3.63, 3.8) is 0 Å². The highest BCUT2D eigenvalue weighted by Crippen LogP contribution is 2.69. The predicted octanol–water partition coefficient (Wildman–Crippen LogP) is 2.50. The summed E-state index contributed by atoms with van der Waals surface area (Å²) in [4.78, 5) is 0. The van der Waals surface area contributed by atoms with Gasteiger partial charge >= 0.3 is 0 Å². The van der Waals surface area contributed by atoms with Crippen LogP contribution >= 0.6 is 0 Å². The first-order valence-corrected chi connectivity index (χ1v) is 6.86. The van der Waals surface area contributed by atoms with Gasteiger partial charge in [-0.25, -0.2) is 0 Å². The third-order valence-electron chi connectivity index (χ3n) is 5.95. The fourth-order valence-corrected chi connectivity index (χ4v) is 5.47. The van der Waals surface area contributed by atoms with E-state index < -0.39 is 5.60 Å². The molecule has 0 aromatic carbocycles. The Labute approximate surface area is 104 Å². The highest BCUT2D eigenvalue weighted by molar-refractivity contribution is 5.31. The van der Waals surface area contributed by atoms with E-state index >= 15 is 0 Å². The van der Waals surface area contributed by atoms with Crippen LogP contribution in [0.3, 0.4) is 0 Å². The van der Waals surface area contributed by atoms with Crippen LogP contribution in [0, 0.1) is 22.7 Å². The molecule has 0 bridgehead atoms. The number of hydrogen-bond acceptors (Lipinski definition) is 2. The monoisotopic (exact) mass is 236 g/mol. The summed E-state index contributed by atoms with van der Waals surface area (Å²) in [5.41, 5.74) is 0.781. The third kappa shape index (κ3) is 1.29. The van der Waals surface area contributed by atoms with E-state index in [2.05, 4.69) is 26.8 Å². The van der Waals surface area contributed by atoms with Crippen LogP contribution < -0.4 is 0 Å². The molecule has 2 heteroatoms. The van der Waals surface area contributed by atoms with Gasteiger partial charge in [0.05, 0.1) is 12.2 Å². The summed E-state index contributed by atoms with van der Waals surface area (Å²) in [6, 6.07) is 0. The first-order chi connectivity index (χ1) is 7.83. The van der Waals surface area contributed by atoms with Crippen molar-refractivity contribution >= 4 is 0 Å². The molecule has 0 radical (unpaired) electrons. The zero-order chi connectivity index (χ0) is 12.5. The van der Waals surface area contributed by atoms with E-state index in [4.69, 9.17) is 0 Å². The molecular formula is C15H24O2. The molecule has 0 aliphatic heterocycles. The van der Waals surface area contributed by atoms with Gasteiger partial charge in [-0.15, -0.1) is 0 Å². The van der Waals surface area contributed by atoms with E-state index in [1.54, 1.807) is 0 Å². The average molecular weight is 236 g/mol. The predicted molar refractivity (Wildman–Crippen MR) is 67.5 cm³/mol. The van der Waals surface area contributed by atoms with E-state index in [0.717, 1.165) is 24.8 Å². The van der Waals surface area contributed by atoms with Crippen LogP contribution in [0.5, 0.6) is 0 Å². The third-order valence-corrected chi connectivity index (χ3v) is 5.95. The van der Waals surface area contributed by atoms with Crippen molar-refractivity contribution in [3.05, 3.63) is 11.6 Å². The molecule has 2 N–H and O–H groups in total. The van der Waals surface area contributed by atoms with Crippen LogP contribution in [0.2, 0.25) is 0 Å².